The maximum atomic E-state index is 12.9. The van der Waals surface area contributed by atoms with Gasteiger partial charge in [0.25, 0.3) is 5.91 Å². The molecule has 0 aromatic heterocycles. The normalized spacial score (nSPS) is 11.8. The van der Waals surface area contributed by atoms with Crippen LogP contribution in [0.15, 0.2) is 42.5 Å². The summed E-state index contributed by atoms with van der Waals surface area (Å²) in [6.45, 7) is 6.73. The molecule has 2 aromatic rings. The number of hydrogen-bond donors (Lipinski definition) is 1. The summed E-state index contributed by atoms with van der Waals surface area (Å²) >= 11 is 0. The van der Waals surface area contributed by atoms with Crippen molar-refractivity contribution in [1.82, 2.24) is 10.2 Å². The summed E-state index contributed by atoms with van der Waals surface area (Å²) in [4.78, 5) is 28.8. The smallest absolute Gasteiger partial charge is 0.251 e. The summed E-state index contributed by atoms with van der Waals surface area (Å²) in [6.07, 6.45) is 0. The largest absolute Gasteiger partial charge is 0.497 e. The summed E-state index contributed by atoms with van der Waals surface area (Å²) < 4.78 is 5.26. The first-order valence-corrected chi connectivity index (χ1v) is 9.71. The van der Waals surface area contributed by atoms with Crippen molar-refractivity contribution in [2.24, 2.45) is 0 Å². The van der Waals surface area contributed by atoms with Crippen LogP contribution in [0.5, 0.6) is 5.75 Å². The Hall–Kier alpha value is -2.86. The Labute approximate surface area is 173 Å². The first kappa shape index (κ1) is 22.4. The van der Waals surface area contributed by atoms with E-state index in [2.05, 4.69) is 5.32 Å². The zero-order valence-electron chi connectivity index (χ0n) is 18.2. The lowest BCUT2D eigenvalue weighted by atomic mass is 10.1. The Bertz CT molecular complexity index is 864. The predicted molar refractivity (Wildman–Crippen MR) is 117 cm³/mol. The molecule has 2 aromatic carbocycles. The average Bonchev–Trinajstić information content (AvgIpc) is 2.68. The second-order valence-electron chi connectivity index (χ2n) is 7.45. The van der Waals surface area contributed by atoms with Crippen molar-refractivity contribution < 1.29 is 14.3 Å². The van der Waals surface area contributed by atoms with Gasteiger partial charge in [-0.3, -0.25) is 9.59 Å². The number of hydrogen-bond acceptors (Lipinski definition) is 4. The number of nitrogens with zero attached hydrogens (tertiary/aromatic N) is 2. The fourth-order valence-electron chi connectivity index (χ4n) is 3.06. The Morgan fingerprint density at radius 1 is 1.10 bits per heavy atom. The number of anilines is 1. The van der Waals surface area contributed by atoms with Crippen LogP contribution in [0.2, 0.25) is 0 Å². The first-order chi connectivity index (χ1) is 13.7. The van der Waals surface area contributed by atoms with Gasteiger partial charge in [-0.15, -0.1) is 0 Å². The fraction of sp³-hybridized carbons (Fsp3) is 0.391. The molecule has 1 N–H and O–H groups in total. The lowest BCUT2D eigenvalue weighted by molar-refractivity contribution is -0.116. The predicted octanol–water partition coefficient (Wildman–Crippen LogP) is 3.41. The average molecular weight is 398 g/mol. The van der Waals surface area contributed by atoms with Crippen molar-refractivity contribution in [1.29, 1.82) is 0 Å². The second kappa shape index (κ2) is 10.1. The number of benzene rings is 2. The van der Waals surface area contributed by atoms with Crippen molar-refractivity contribution in [2.45, 2.75) is 26.8 Å². The zero-order valence-corrected chi connectivity index (χ0v) is 18.2. The molecule has 156 valence electrons. The Morgan fingerprint density at radius 3 is 2.45 bits per heavy atom. The van der Waals surface area contributed by atoms with Gasteiger partial charge in [-0.25, -0.2) is 0 Å². The Kier molecular flexibility index (Phi) is 7.79. The minimum Gasteiger partial charge on any atom is -0.497 e. The summed E-state index contributed by atoms with van der Waals surface area (Å²) in [5, 5.41) is 3.02. The van der Waals surface area contributed by atoms with E-state index in [9.17, 15) is 9.59 Å². The fourth-order valence-corrected chi connectivity index (χ4v) is 3.06. The monoisotopic (exact) mass is 397 g/mol. The van der Waals surface area contributed by atoms with Crippen LogP contribution < -0.4 is 15.0 Å². The molecule has 0 aliphatic rings. The zero-order chi connectivity index (χ0) is 21.6. The standard InChI is InChI=1S/C23H31N3O3/c1-16-10-11-20(15-22(16)26(18(3)27)13-12-25(4)5)23(28)24-17(2)19-8-7-9-21(14-19)29-6/h7-11,14-15,17H,12-13H2,1-6H3,(H,24,28). The third-order valence-electron chi connectivity index (χ3n) is 4.85. The van der Waals surface area contributed by atoms with Crippen LogP contribution in [0.25, 0.3) is 0 Å². The third kappa shape index (κ3) is 6.06. The molecule has 0 saturated heterocycles. The Balaban J connectivity index is 2.22. The van der Waals surface area contributed by atoms with Crippen LogP contribution in [0, 0.1) is 6.92 Å². The lowest BCUT2D eigenvalue weighted by Gasteiger charge is -2.25. The molecule has 1 unspecified atom stereocenters. The highest BCUT2D eigenvalue weighted by Gasteiger charge is 2.18. The van der Waals surface area contributed by atoms with Crippen LogP contribution in [0.1, 0.15) is 41.4 Å². The van der Waals surface area contributed by atoms with Gasteiger partial charge in [0.2, 0.25) is 5.91 Å². The van der Waals surface area contributed by atoms with Gasteiger partial charge in [-0.05, 0) is 63.3 Å². The molecule has 0 aliphatic heterocycles. The van der Waals surface area contributed by atoms with Gasteiger partial charge >= 0.3 is 0 Å². The molecule has 1 atom stereocenters. The molecule has 2 amide bonds. The van der Waals surface area contributed by atoms with Gasteiger partial charge in [0.1, 0.15) is 5.75 Å². The second-order valence-corrected chi connectivity index (χ2v) is 7.45. The highest BCUT2D eigenvalue weighted by molar-refractivity contribution is 5.98. The number of nitrogens with one attached hydrogen (secondary N) is 1. The summed E-state index contributed by atoms with van der Waals surface area (Å²) in [7, 11) is 5.55. The highest BCUT2D eigenvalue weighted by atomic mass is 16.5. The number of likely N-dealkylation sites (N-methyl/N-ethyl adjacent to an activating group) is 1. The molecular weight excluding hydrogens is 366 g/mol. The van der Waals surface area contributed by atoms with Crippen molar-refractivity contribution in [3.63, 3.8) is 0 Å². The molecule has 0 bridgehead atoms. The van der Waals surface area contributed by atoms with Crippen LogP contribution in [0.4, 0.5) is 5.69 Å². The molecule has 2 rings (SSSR count). The maximum Gasteiger partial charge on any atom is 0.251 e. The van der Waals surface area contributed by atoms with Gasteiger partial charge in [-0.2, -0.15) is 0 Å². The Morgan fingerprint density at radius 2 is 1.83 bits per heavy atom. The van der Waals surface area contributed by atoms with Crippen LogP contribution >= 0.6 is 0 Å². The lowest BCUT2D eigenvalue weighted by Crippen LogP contribution is -2.36. The van der Waals surface area contributed by atoms with Gasteiger partial charge in [0.05, 0.1) is 13.2 Å². The van der Waals surface area contributed by atoms with E-state index in [0.29, 0.717) is 12.1 Å². The van der Waals surface area contributed by atoms with Crippen LogP contribution in [-0.4, -0.2) is 51.0 Å². The molecule has 6 heteroatoms. The van der Waals surface area contributed by atoms with Crippen LogP contribution in [0.3, 0.4) is 0 Å². The third-order valence-corrected chi connectivity index (χ3v) is 4.85. The van der Waals surface area contributed by atoms with E-state index in [1.807, 2.05) is 63.2 Å². The van der Waals surface area contributed by atoms with Gasteiger partial charge in [0.15, 0.2) is 0 Å². The van der Waals surface area contributed by atoms with Gasteiger partial charge in [-0.1, -0.05) is 18.2 Å². The molecular formula is C23H31N3O3. The van der Waals surface area contributed by atoms with E-state index in [-0.39, 0.29) is 17.9 Å². The first-order valence-electron chi connectivity index (χ1n) is 9.71. The van der Waals surface area contributed by atoms with Crippen molar-refractivity contribution in [3.8, 4) is 5.75 Å². The number of aryl methyl sites for hydroxylation is 1. The number of ether oxygens (including phenoxy) is 1. The SMILES string of the molecule is COc1cccc(C(C)NC(=O)c2ccc(C)c(N(CCN(C)C)C(C)=O)c2)c1. The quantitative estimate of drug-likeness (QED) is 0.742. The number of amides is 2. The topological polar surface area (TPSA) is 61.9 Å². The van der Waals surface area contributed by atoms with Crippen LogP contribution in [-0.2, 0) is 4.79 Å². The minimum atomic E-state index is -0.183. The van der Waals surface area contributed by atoms with E-state index < -0.39 is 0 Å². The summed E-state index contributed by atoms with van der Waals surface area (Å²) in [6, 6.07) is 12.9. The highest BCUT2D eigenvalue weighted by Crippen LogP contribution is 2.23. The molecule has 0 radical (unpaired) electrons. The van der Waals surface area contributed by atoms with E-state index in [4.69, 9.17) is 4.74 Å². The van der Waals surface area contributed by atoms with Gasteiger partial charge in [0, 0.05) is 31.3 Å². The van der Waals surface area contributed by atoms with Crippen molar-refractivity contribution in [3.05, 3.63) is 59.2 Å². The molecule has 0 fully saturated rings. The van der Waals surface area contributed by atoms with Crippen molar-refractivity contribution >= 4 is 17.5 Å². The molecule has 0 spiro atoms. The van der Waals surface area contributed by atoms with E-state index in [1.165, 1.54) is 0 Å². The number of carbonyl (C=O) groups excluding carboxylic acids is 2. The molecule has 6 nitrogen and oxygen atoms in total. The van der Waals surface area contributed by atoms with Gasteiger partial charge < -0.3 is 19.9 Å². The van der Waals surface area contributed by atoms with E-state index in [1.54, 1.807) is 31.1 Å². The van der Waals surface area contributed by atoms with E-state index >= 15 is 0 Å². The number of carbonyl (C=O) groups is 2. The summed E-state index contributed by atoms with van der Waals surface area (Å²) in [5.41, 5.74) is 3.20. The number of methoxy groups -OCH3 is 1. The molecule has 29 heavy (non-hydrogen) atoms. The number of rotatable bonds is 8. The maximum absolute atomic E-state index is 12.9. The molecule has 0 aliphatic carbocycles. The van der Waals surface area contributed by atoms with E-state index in [0.717, 1.165) is 29.1 Å². The summed E-state index contributed by atoms with van der Waals surface area (Å²) in [5.74, 6) is 0.522. The molecule has 0 heterocycles. The van der Waals surface area contributed by atoms with Crippen molar-refractivity contribution in [2.75, 3.05) is 39.2 Å². The molecule has 0 saturated carbocycles. The minimum absolute atomic E-state index is 0.0442.